The number of nitrogens with one attached hydrogen (secondary N) is 2. The summed E-state index contributed by atoms with van der Waals surface area (Å²) in [5.74, 6) is -1.31. The SMILES string of the molecule is Cc1ccc(NC(=O)C(=O)NCC(c2cn(C)c3ccccc23)N(C)C)cc1C. The van der Waals surface area contributed by atoms with Crippen molar-refractivity contribution in [3.63, 3.8) is 0 Å². The lowest BCUT2D eigenvalue weighted by molar-refractivity contribution is -0.136. The van der Waals surface area contributed by atoms with Gasteiger partial charge in [0.05, 0.1) is 6.04 Å². The predicted molar refractivity (Wildman–Crippen MR) is 117 cm³/mol. The Morgan fingerprint density at radius 1 is 1.03 bits per heavy atom. The summed E-state index contributed by atoms with van der Waals surface area (Å²) < 4.78 is 2.08. The van der Waals surface area contributed by atoms with Crippen LogP contribution in [0.3, 0.4) is 0 Å². The van der Waals surface area contributed by atoms with Gasteiger partial charge in [-0.05, 0) is 62.8 Å². The molecule has 6 heteroatoms. The number of nitrogens with zero attached hydrogens (tertiary/aromatic N) is 2. The van der Waals surface area contributed by atoms with E-state index in [1.54, 1.807) is 6.07 Å². The Balaban J connectivity index is 1.70. The van der Waals surface area contributed by atoms with Crippen molar-refractivity contribution in [3.05, 3.63) is 65.4 Å². The standard InChI is InChI=1S/C23H28N4O2/c1-15-10-11-17(12-16(15)2)25-23(29)22(28)24-13-21(26(3)4)19-14-27(5)20-9-7-6-8-18(19)20/h6-12,14,21H,13H2,1-5H3,(H,24,28)(H,25,29). The van der Waals surface area contributed by atoms with E-state index >= 15 is 0 Å². The van der Waals surface area contributed by atoms with E-state index in [-0.39, 0.29) is 6.04 Å². The molecule has 1 heterocycles. The summed E-state index contributed by atoms with van der Waals surface area (Å²) in [4.78, 5) is 26.7. The number of likely N-dealkylation sites (N-methyl/N-ethyl adjacent to an activating group) is 1. The fourth-order valence-corrected chi connectivity index (χ4v) is 3.49. The second kappa shape index (κ2) is 8.49. The molecule has 0 bridgehead atoms. The summed E-state index contributed by atoms with van der Waals surface area (Å²) in [6.45, 7) is 4.30. The average molecular weight is 393 g/mol. The van der Waals surface area contributed by atoms with E-state index in [9.17, 15) is 9.59 Å². The van der Waals surface area contributed by atoms with Gasteiger partial charge < -0.3 is 20.1 Å². The Morgan fingerprint density at radius 3 is 2.45 bits per heavy atom. The van der Waals surface area contributed by atoms with Crippen molar-refractivity contribution in [1.82, 2.24) is 14.8 Å². The highest BCUT2D eigenvalue weighted by Crippen LogP contribution is 2.28. The molecule has 1 aromatic heterocycles. The van der Waals surface area contributed by atoms with Crippen LogP contribution in [0.4, 0.5) is 5.69 Å². The first-order valence-electron chi connectivity index (χ1n) is 9.64. The first kappa shape index (κ1) is 20.6. The number of fused-ring (bicyclic) bond motifs is 1. The molecule has 1 unspecified atom stereocenters. The molecule has 0 aliphatic carbocycles. The highest BCUT2D eigenvalue weighted by molar-refractivity contribution is 6.39. The lowest BCUT2D eigenvalue weighted by atomic mass is 10.0. The number of hydrogen-bond acceptors (Lipinski definition) is 3. The molecule has 0 aliphatic heterocycles. The van der Waals surface area contributed by atoms with Gasteiger partial charge in [0.25, 0.3) is 0 Å². The molecule has 2 N–H and O–H groups in total. The molecule has 0 aliphatic rings. The zero-order valence-corrected chi connectivity index (χ0v) is 17.6. The first-order chi connectivity index (χ1) is 13.8. The van der Waals surface area contributed by atoms with Crippen molar-refractivity contribution in [3.8, 4) is 0 Å². The van der Waals surface area contributed by atoms with Gasteiger partial charge in [0.1, 0.15) is 0 Å². The molecule has 2 aromatic carbocycles. The maximum Gasteiger partial charge on any atom is 0.313 e. The van der Waals surface area contributed by atoms with E-state index in [0.29, 0.717) is 12.2 Å². The molecule has 3 rings (SSSR count). The summed E-state index contributed by atoms with van der Waals surface area (Å²) in [5.41, 5.74) is 5.06. The lowest BCUT2D eigenvalue weighted by Gasteiger charge is -2.24. The normalized spacial score (nSPS) is 12.2. The second-order valence-electron chi connectivity index (χ2n) is 7.66. The number of carbonyl (C=O) groups is 2. The van der Waals surface area contributed by atoms with Gasteiger partial charge in [-0.1, -0.05) is 24.3 Å². The Bertz CT molecular complexity index is 1050. The Morgan fingerprint density at radius 2 is 1.76 bits per heavy atom. The third-order valence-electron chi connectivity index (χ3n) is 5.34. The van der Waals surface area contributed by atoms with Crippen LogP contribution in [0.5, 0.6) is 0 Å². The van der Waals surface area contributed by atoms with Crippen molar-refractivity contribution >= 4 is 28.4 Å². The van der Waals surface area contributed by atoms with Crippen LogP contribution in [0.1, 0.15) is 22.7 Å². The summed E-state index contributed by atoms with van der Waals surface area (Å²) >= 11 is 0. The van der Waals surface area contributed by atoms with Gasteiger partial charge in [-0.2, -0.15) is 0 Å². The predicted octanol–water partition coefficient (Wildman–Crippen LogP) is 3.15. The van der Waals surface area contributed by atoms with Crippen LogP contribution in [0.15, 0.2) is 48.7 Å². The summed E-state index contributed by atoms with van der Waals surface area (Å²) in [6, 6.07) is 13.7. The highest BCUT2D eigenvalue weighted by atomic mass is 16.2. The molecule has 3 aromatic rings. The third kappa shape index (κ3) is 4.49. The molecular formula is C23H28N4O2. The smallest absolute Gasteiger partial charge is 0.313 e. The van der Waals surface area contributed by atoms with Crippen LogP contribution in [-0.2, 0) is 16.6 Å². The van der Waals surface area contributed by atoms with Crippen LogP contribution in [0.2, 0.25) is 0 Å². The number of rotatable bonds is 5. The maximum atomic E-state index is 12.4. The molecule has 152 valence electrons. The average Bonchev–Trinajstić information content (AvgIpc) is 3.01. The minimum atomic E-state index is -0.663. The van der Waals surface area contributed by atoms with Crippen molar-refractivity contribution < 1.29 is 9.59 Å². The van der Waals surface area contributed by atoms with Gasteiger partial charge in [0.2, 0.25) is 0 Å². The van der Waals surface area contributed by atoms with Crippen LogP contribution in [-0.4, -0.2) is 41.9 Å². The molecular weight excluding hydrogens is 364 g/mol. The van der Waals surface area contributed by atoms with E-state index in [1.807, 2.05) is 64.2 Å². The zero-order chi connectivity index (χ0) is 21.1. The molecule has 0 spiro atoms. The van der Waals surface area contributed by atoms with E-state index in [2.05, 4.69) is 33.5 Å². The summed E-state index contributed by atoms with van der Waals surface area (Å²) in [7, 11) is 5.94. The van der Waals surface area contributed by atoms with Crippen molar-refractivity contribution in [2.24, 2.45) is 7.05 Å². The van der Waals surface area contributed by atoms with Gasteiger partial charge in [0, 0.05) is 36.4 Å². The Labute approximate surface area is 171 Å². The quantitative estimate of drug-likeness (QED) is 0.656. The fraction of sp³-hybridized carbons (Fsp3) is 0.304. The number of aryl methyl sites for hydroxylation is 3. The number of benzene rings is 2. The lowest BCUT2D eigenvalue weighted by Crippen LogP contribution is -2.40. The maximum absolute atomic E-state index is 12.4. The Hall–Kier alpha value is -3.12. The number of anilines is 1. The van der Waals surface area contributed by atoms with E-state index < -0.39 is 11.8 Å². The molecule has 2 amide bonds. The van der Waals surface area contributed by atoms with Gasteiger partial charge in [-0.15, -0.1) is 0 Å². The highest BCUT2D eigenvalue weighted by Gasteiger charge is 2.22. The molecule has 0 saturated carbocycles. The molecule has 6 nitrogen and oxygen atoms in total. The van der Waals surface area contributed by atoms with Crippen LogP contribution in [0.25, 0.3) is 10.9 Å². The Kier molecular flexibility index (Phi) is 6.03. The number of carbonyl (C=O) groups excluding carboxylic acids is 2. The topological polar surface area (TPSA) is 66.4 Å². The van der Waals surface area contributed by atoms with Gasteiger partial charge in [-0.25, -0.2) is 0 Å². The number of amides is 2. The molecule has 0 radical (unpaired) electrons. The molecule has 0 fully saturated rings. The van der Waals surface area contributed by atoms with E-state index in [0.717, 1.165) is 27.6 Å². The van der Waals surface area contributed by atoms with E-state index in [4.69, 9.17) is 0 Å². The van der Waals surface area contributed by atoms with E-state index in [1.165, 1.54) is 0 Å². The molecule has 0 saturated heterocycles. The molecule has 1 atom stereocenters. The van der Waals surface area contributed by atoms with Gasteiger partial charge in [-0.3, -0.25) is 9.59 Å². The van der Waals surface area contributed by atoms with Crippen molar-refractivity contribution in [2.45, 2.75) is 19.9 Å². The van der Waals surface area contributed by atoms with Crippen molar-refractivity contribution in [1.29, 1.82) is 0 Å². The largest absolute Gasteiger partial charge is 0.350 e. The van der Waals surface area contributed by atoms with Gasteiger partial charge in [0.15, 0.2) is 0 Å². The molecule has 29 heavy (non-hydrogen) atoms. The van der Waals surface area contributed by atoms with Crippen LogP contribution >= 0.6 is 0 Å². The van der Waals surface area contributed by atoms with Crippen molar-refractivity contribution in [2.75, 3.05) is 26.0 Å². The monoisotopic (exact) mass is 392 g/mol. The second-order valence-corrected chi connectivity index (χ2v) is 7.66. The zero-order valence-electron chi connectivity index (χ0n) is 17.6. The minimum absolute atomic E-state index is 0.0560. The number of hydrogen-bond donors (Lipinski definition) is 2. The third-order valence-corrected chi connectivity index (χ3v) is 5.34. The minimum Gasteiger partial charge on any atom is -0.350 e. The number of aromatic nitrogens is 1. The van der Waals surface area contributed by atoms with Crippen LogP contribution < -0.4 is 10.6 Å². The van der Waals surface area contributed by atoms with Crippen LogP contribution in [0, 0.1) is 13.8 Å². The first-order valence-corrected chi connectivity index (χ1v) is 9.64. The fourth-order valence-electron chi connectivity index (χ4n) is 3.49. The van der Waals surface area contributed by atoms with Gasteiger partial charge >= 0.3 is 11.8 Å². The number of para-hydroxylation sites is 1. The summed E-state index contributed by atoms with van der Waals surface area (Å²) in [6.07, 6.45) is 2.08. The summed E-state index contributed by atoms with van der Waals surface area (Å²) in [5, 5.41) is 6.59.